The van der Waals surface area contributed by atoms with Crippen molar-refractivity contribution >= 4 is 0 Å². The van der Waals surface area contributed by atoms with E-state index < -0.39 is 42.0 Å². The topological polar surface area (TPSA) is 165 Å². The molecule has 3 heterocycles. The molecule has 1 saturated heterocycles. The number of aromatic amines is 1. The van der Waals surface area contributed by atoms with Crippen LogP contribution in [0.15, 0.2) is 36.7 Å². The van der Waals surface area contributed by atoms with Crippen LogP contribution in [-0.4, -0.2) is 73.3 Å². The second kappa shape index (κ2) is 17.2. The lowest BCUT2D eigenvalue weighted by molar-refractivity contribution is -0.154. The summed E-state index contributed by atoms with van der Waals surface area (Å²) in [4.78, 5) is 3.08. The third-order valence-electron chi connectivity index (χ3n) is 16.3. The second-order valence-electron chi connectivity index (χ2n) is 19.6. The molecule has 9 rings (SSSR count). The highest BCUT2D eigenvalue weighted by Crippen LogP contribution is 2.55. The van der Waals surface area contributed by atoms with Crippen LogP contribution in [0, 0.1) is 29.6 Å². The van der Waals surface area contributed by atoms with Crippen molar-refractivity contribution in [1.82, 2.24) is 4.98 Å². The molecule has 10 nitrogen and oxygen atoms in total. The number of H-pyrrole nitrogens is 1. The smallest absolute Gasteiger partial charge is 0.201 e. The number of phenolic OH excluding ortho intramolecular Hbond substituents is 1. The Hall–Kier alpha value is -3.28. The highest BCUT2D eigenvalue weighted by molar-refractivity contribution is 5.64. The minimum absolute atomic E-state index is 0.0486. The Labute approximate surface area is 349 Å². The van der Waals surface area contributed by atoms with Crippen molar-refractivity contribution in [2.24, 2.45) is 29.6 Å². The lowest BCUT2D eigenvalue weighted by Gasteiger charge is -2.46. The molecule has 2 bridgehead atoms. The average molecular weight is 814 g/mol. The van der Waals surface area contributed by atoms with Gasteiger partial charge in [0.25, 0.3) is 0 Å². The fourth-order valence-corrected chi connectivity index (χ4v) is 13.1. The van der Waals surface area contributed by atoms with Crippen molar-refractivity contribution in [3.05, 3.63) is 70.0 Å². The Morgan fingerprint density at radius 3 is 2.42 bits per heavy atom. The number of aromatic nitrogens is 1. The van der Waals surface area contributed by atoms with Crippen LogP contribution >= 0.6 is 0 Å². The highest BCUT2D eigenvalue weighted by Gasteiger charge is 2.46. The summed E-state index contributed by atoms with van der Waals surface area (Å²) in [7, 11) is 1.45. The van der Waals surface area contributed by atoms with Gasteiger partial charge in [-0.1, -0.05) is 37.8 Å². The number of phenols is 2. The monoisotopic (exact) mass is 813 g/mol. The van der Waals surface area contributed by atoms with E-state index in [1.165, 1.54) is 43.9 Å². The number of hydrogen-bond acceptors (Lipinski definition) is 9. The number of aliphatic hydroxyl groups excluding tert-OH is 3. The largest absolute Gasteiger partial charge is 0.504 e. The van der Waals surface area contributed by atoms with E-state index >= 15 is 0 Å². The Bertz CT molecular complexity index is 1910. The van der Waals surface area contributed by atoms with Crippen LogP contribution in [0.3, 0.4) is 0 Å². The van der Waals surface area contributed by atoms with Gasteiger partial charge in [-0.15, -0.1) is 0 Å². The standard InChI is InChI=1S/C49H67NO9/c1-57-48-38(20-29-14-18-50-26-29)45(39(27-51)46(54)47(48)55)44-24-41(53)35-10-7-33(23-43(35)59-44)32-8-11-42-37(22-32)36-21-31(30-4-2-3-5-30)6-9-34(36)40(52)13-17-49(56)16-12-28(25-49)15-19-58-42/h8,11,14,18,22,26,28,30-31,33-36,40-41,43-44,50-56H,2-7,9-10,12-13,15-17,19-21,23-25,27H2,1H3. The Morgan fingerprint density at radius 1 is 0.831 bits per heavy atom. The number of ether oxygens (including phenoxy) is 3. The molecule has 0 radical (unpaired) electrons. The van der Waals surface area contributed by atoms with Gasteiger partial charge in [0.2, 0.25) is 5.75 Å². The summed E-state index contributed by atoms with van der Waals surface area (Å²) >= 11 is 0. The highest BCUT2D eigenvalue weighted by atomic mass is 16.5. The number of nitrogens with one attached hydrogen (secondary N) is 1. The van der Waals surface area contributed by atoms with Gasteiger partial charge in [0.05, 0.1) is 50.3 Å². The summed E-state index contributed by atoms with van der Waals surface area (Å²) in [6.07, 6.45) is 18.1. The molecule has 7 N–H and O–H groups in total. The molecule has 0 spiro atoms. The zero-order valence-electron chi connectivity index (χ0n) is 34.9. The molecule has 11 unspecified atom stereocenters. The number of aliphatic hydroxyl groups is 4. The Balaban J connectivity index is 1.03. The number of benzene rings is 2. The lowest BCUT2D eigenvalue weighted by Crippen LogP contribution is -2.44. The van der Waals surface area contributed by atoms with Gasteiger partial charge in [-0.25, -0.2) is 0 Å². The molecule has 1 aromatic heterocycles. The molecular weight excluding hydrogens is 747 g/mol. The summed E-state index contributed by atoms with van der Waals surface area (Å²) in [5, 5.41) is 68.1. The van der Waals surface area contributed by atoms with Crippen molar-refractivity contribution in [2.45, 2.75) is 164 Å². The van der Waals surface area contributed by atoms with E-state index in [0.717, 1.165) is 75.0 Å². The maximum Gasteiger partial charge on any atom is 0.201 e. The van der Waals surface area contributed by atoms with Crippen LogP contribution < -0.4 is 9.47 Å². The van der Waals surface area contributed by atoms with Crippen LogP contribution in [0.1, 0.15) is 160 Å². The van der Waals surface area contributed by atoms with Crippen LogP contribution in [0.25, 0.3) is 0 Å². The van der Waals surface area contributed by atoms with E-state index in [1.807, 2.05) is 18.5 Å². The molecule has 6 aliphatic rings. The summed E-state index contributed by atoms with van der Waals surface area (Å²) < 4.78 is 19.4. The summed E-state index contributed by atoms with van der Waals surface area (Å²) in [5.41, 5.74) is 4.10. The quantitative estimate of drug-likeness (QED) is 0.116. The van der Waals surface area contributed by atoms with Crippen molar-refractivity contribution in [1.29, 1.82) is 0 Å². The van der Waals surface area contributed by atoms with Crippen molar-refractivity contribution in [3.8, 4) is 23.0 Å². The minimum atomic E-state index is -0.679. The third kappa shape index (κ3) is 8.14. The zero-order valence-corrected chi connectivity index (χ0v) is 34.9. The number of aromatic hydroxyl groups is 2. The second-order valence-corrected chi connectivity index (χ2v) is 19.6. The molecule has 10 heteroatoms. The molecule has 2 aliphatic heterocycles. The van der Waals surface area contributed by atoms with Crippen molar-refractivity contribution < 1.29 is 44.8 Å². The first-order chi connectivity index (χ1) is 28.6. The van der Waals surface area contributed by atoms with E-state index in [0.29, 0.717) is 61.7 Å². The van der Waals surface area contributed by atoms with Gasteiger partial charge < -0.3 is 49.8 Å². The fraction of sp³-hybridized carbons (Fsp3) is 0.673. The van der Waals surface area contributed by atoms with Crippen LogP contribution in [0.5, 0.6) is 23.0 Å². The van der Waals surface area contributed by atoms with E-state index in [-0.39, 0.29) is 41.1 Å². The molecule has 2 aromatic carbocycles. The third-order valence-corrected chi connectivity index (χ3v) is 16.3. The first-order valence-electron chi connectivity index (χ1n) is 23.0. The number of fused-ring (bicyclic) bond motifs is 6. The van der Waals surface area contributed by atoms with E-state index in [1.54, 1.807) is 0 Å². The van der Waals surface area contributed by atoms with Gasteiger partial charge in [-0.3, -0.25) is 0 Å². The molecule has 3 aromatic rings. The predicted octanol–water partition coefficient (Wildman–Crippen LogP) is 8.44. The van der Waals surface area contributed by atoms with Gasteiger partial charge in [-0.2, -0.15) is 0 Å². The van der Waals surface area contributed by atoms with Crippen molar-refractivity contribution in [2.75, 3.05) is 13.7 Å². The van der Waals surface area contributed by atoms with E-state index in [9.17, 15) is 30.6 Å². The molecule has 4 saturated carbocycles. The van der Waals surface area contributed by atoms with Crippen molar-refractivity contribution in [3.63, 3.8) is 0 Å². The SMILES string of the molecule is COc1c(O)c(O)c(CO)c(C2CC(O)C3CCC(c4ccc5c(c4)C4CC(C6CCCC6)CCC4C(O)CCC4(O)CCC(CCO5)C4)CC3O2)c1Cc1cc[nH]c1. The molecule has 5 fully saturated rings. The van der Waals surface area contributed by atoms with E-state index in [4.69, 9.17) is 14.2 Å². The number of rotatable bonds is 7. The predicted molar refractivity (Wildman–Crippen MR) is 224 cm³/mol. The van der Waals surface area contributed by atoms with Gasteiger partial charge >= 0.3 is 0 Å². The molecule has 322 valence electrons. The lowest BCUT2D eigenvalue weighted by atomic mass is 9.64. The van der Waals surface area contributed by atoms with Crippen LogP contribution in [-0.2, 0) is 17.8 Å². The van der Waals surface area contributed by atoms with Gasteiger partial charge in [0.1, 0.15) is 5.75 Å². The molecule has 59 heavy (non-hydrogen) atoms. The first-order valence-corrected chi connectivity index (χ1v) is 23.0. The Morgan fingerprint density at radius 2 is 1.64 bits per heavy atom. The summed E-state index contributed by atoms with van der Waals surface area (Å²) in [6, 6.07) is 8.76. The molecule has 11 atom stereocenters. The zero-order chi connectivity index (χ0) is 40.8. The van der Waals surface area contributed by atoms with Gasteiger partial charge in [-0.05, 0) is 147 Å². The minimum Gasteiger partial charge on any atom is -0.504 e. The maximum absolute atomic E-state index is 12.0. The molecular formula is C49H67NO9. The van der Waals surface area contributed by atoms with Gasteiger partial charge in [0.15, 0.2) is 11.5 Å². The average Bonchev–Trinajstić information content (AvgIpc) is 4.05. The number of hydrogen-bond donors (Lipinski definition) is 7. The summed E-state index contributed by atoms with van der Waals surface area (Å²) in [6.45, 7) is 0.113. The molecule has 0 amide bonds. The van der Waals surface area contributed by atoms with Gasteiger partial charge in [0, 0.05) is 42.3 Å². The molecule has 4 aliphatic carbocycles. The fourth-order valence-electron chi connectivity index (χ4n) is 13.1. The Kier molecular flexibility index (Phi) is 12.0. The summed E-state index contributed by atoms with van der Waals surface area (Å²) in [5.74, 6) is 2.49. The first kappa shape index (κ1) is 41.1. The number of methoxy groups -OCH3 is 1. The van der Waals surface area contributed by atoms with Crippen LogP contribution in [0.4, 0.5) is 0 Å². The van der Waals surface area contributed by atoms with Crippen LogP contribution in [0.2, 0.25) is 0 Å². The van der Waals surface area contributed by atoms with E-state index in [2.05, 4.69) is 23.2 Å². The normalized spacial score (nSPS) is 35.3. The maximum atomic E-state index is 12.0.